The van der Waals surface area contributed by atoms with Gasteiger partial charge in [0.15, 0.2) is 0 Å². The largest absolute Gasteiger partial charge is 0.394 e. The minimum absolute atomic E-state index is 0.0117. The predicted molar refractivity (Wildman–Crippen MR) is 57.8 cm³/mol. The number of aromatic nitrogens is 2. The molecule has 17 heavy (non-hydrogen) atoms. The number of hydrogen-bond donors (Lipinski definition) is 1. The Bertz CT molecular complexity index is 374. The van der Waals surface area contributed by atoms with Gasteiger partial charge in [0.1, 0.15) is 0 Å². The molecule has 2 rings (SSSR count). The van der Waals surface area contributed by atoms with E-state index in [4.69, 9.17) is 0 Å². The first-order chi connectivity index (χ1) is 7.97. The molecule has 1 aromatic heterocycles. The van der Waals surface area contributed by atoms with Gasteiger partial charge in [0, 0.05) is 39.4 Å². The second-order valence-corrected chi connectivity index (χ2v) is 4.26. The van der Waals surface area contributed by atoms with Gasteiger partial charge >= 0.3 is 6.18 Å². The number of aryl methyl sites for hydroxylation is 1. The summed E-state index contributed by atoms with van der Waals surface area (Å²) >= 11 is 0. The molecular weight excluding hydrogens is 233 g/mol. The third kappa shape index (κ3) is 2.91. The van der Waals surface area contributed by atoms with Gasteiger partial charge in [-0.2, -0.15) is 18.3 Å². The Morgan fingerprint density at radius 1 is 1.47 bits per heavy atom. The van der Waals surface area contributed by atoms with Gasteiger partial charge in [0.2, 0.25) is 0 Å². The molecule has 1 aromatic rings. The van der Waals surface area contributed by atoms with Crippen LogP contribution in [0.3, 0.4) is 0 Å². The van der Waals surface area contributed by atoms with Gasteiger partial charge in [0.25, 0.3) is 0 Å². The second-order valence-electron chi connectivity index (χ2n) is 4.26. The van der Waals surface area contributed by atoms with E-state index in [0.29, 0.717) is 13.1 Å². The summed E-state index contributed by atoms with van der Waals surface area (Å²) in [4.78, 5) is 1.73. The maximum absolute atomic E-state index is 12.7. The fourth-order valence-electron chi connectivity index (χ4n) is 1.94. The minimum atomic E-state index is -4.15. The zero-order valence-electron chi connectivity index (χ0n) is 9.54. The first kappa shape index (κ1) is 12.2. The molecule has 7 heteroatoms. The highest BCUT2D eigenvalue weighted by molar-refractivity contribution is 5.42. The van der Waals surface area contributed by atoms with Gasteiger partial charge in [-0.3, -0.25) is 4.68 Å². The number of halogens is 3. The molecule has 0 radical (unpaired) electrons. The predicted octanol–water partition coefficient (Wildman–Crippen LogP) is 1.01. The van der Waals surface area contributed by atoms with Crippen molar-refractivity contribution in [2.45, 2.75) is 6.18 Å². The average molecular weight is 248 g/mol. The maximum atomic E-state index is 12.7. The Hall–Kier alpha value is -1.24. The summed E-state index contributed by atoms with van der Waals surface area (Å²) in [5.74, 6) is -1.33. The Kier molecular flexibility index (Phi) is 3.28. The molecule has 0 aliphatic carbocycles. The fraction of sp³-hybridized carbons (Fsp3) is 0.700. The topological polar surface area (TPSA) is 33.1 Å². The van der Waals surface area contributed by atoms with Gasteiger partial charge in [-0.25, -0.2) is 0 Å². The number of alkyl halides is 3. The zero-order valence-corrected chi connectivity index (χ0v) is 9.54. The number of hydrogen-bond acceptors (Lipinski definition) is 3. The standard InChI is InChI=1S/C10H15F3N4/c1-16-7-9(5-15-16)17-3-2-14-4-8(6-17)10(11,12)13/h5,7-8,14H,2-4,6H2,1H3. The molecule has 0 aromatic carbocycles. The molecule has 1 aliphatic heterocycles. The van der Waals surface area contributed by atoms with E-state index in [1.54, 1.807) is 29.0 Å². The zero-order chi connectivity index (χ0) is 12.5. The SMILES string of the molecule is Cn1cc(N2CCNCC(C(F)(F)F)C2)cn1. The summed E-state index contributed by atoms with van der Waals surface area (Å²) in [7, 11) is 1.75. The van der Waals surface area contributed by atoms with Crippen LogP contribution in [-0.4, -0.2) is 42.1 Å². The molecule has 4 nitrogen and oxygen atoms in total. The molecule has 1 unspecified atom stereocenters. The second kappa shape index (κ2) is 4.56. The Morgan fingerprint density at radius 3 is 2.82 bits per heavy atom. The molecule has 0 amide bonds. The third-order valence-electron chi connectivity index (χ3n) is 2.91. The van der Waals surface area contributed by atoms with Crippen molar-refractivity contribution in [2.24, 2.45) is 13.0 Å². The van der Waals surface area contributed by atoms with Crippen molar-refractivity contribution in [1.82, 2.24) is 15.1 Å². The molecule has 0 saturated carbocycles. The van der Waals surface area contributed by atoms with Crippen LogP contribution in [0.25, 0.3) is 0 Å². The van der Waals surface area contributed by atoms with E-state index in [0.717, 1.165) is 5.69 Å². The van der Waals surface area contributed by atoms with Crippen molar-refractivity contribution in [3.63, 3.8) is 0 Å². The molecule has 2 heterocycles. The number of anilines is 1. The van der Waals surface area contributed by atoms with Crippen molar-refractivity contribution in [1.29, 1.82) is 0 Å². The van der Waals surface area contributed by atoms with Gasteiger partial charge in [0.05, 0.1) is 17.8 Å². The molecule has 1 fully saturated rings. The fourth-order valence-corrected chi connectivity index (χ4v) is 1.94. The van der Waals surface area contributed by atoms with Gasteiger partial charge in [-0.15, -0.1) is 0 Å². The van der Waals surface area contributed by atoms with Crippen molar-refractivity contribution >= 4 is 5.69 Å². The van der Waals surface area contributed by atoms with E-state index in [-0.39, 0.29) is 13.1 Å². The Labute approximate surface area is 97.4 Å². The number of nitrogens with zero attached hydrogens (tertiary/aromatic N) is 3. The quantitative estimate of drug-likeness (QED) is 0.805. The van der Waals surface area contributed by atoms with E-state index in [9.17, 15) is 13.2 Å². The normalized spacial score (nSPS) is 22.6. The summed E-state index contributed by atoms with van der Waals surface area (Å²) in [6.45, 7) is 1.10. The highest BCUT2D eigenvalue weighted by Gasteiger charge is 2.41. The molecule has 0 spiro atoms. The molecule has 1 atom stereocenters. The van der Waals surface area contributed by atoms with E-state index in [1.165, 1.54) is 0 Å². The first-order valence-corrected chi connectivity index (χ1v) is 5.48. The summed E-state index contributed by atoms with van der Waals surface area (Å²) in [6.07, 6.45) is -0.824. The van der Waals surface area contributed by atoms with Crippen molar-refractivity contribution < 1.29 is 13.2 Å². The van der Waals surface area contributed by atoms with Gasteiger partial charge in [-0.1, -0.05) is 0 Å². The lowest BCUT2D eigenvalue weighted by atomic mass is 10.1. The van der Waals surface area contributed by atoms with E-state index >= 15 is 0 Å². The van der Waals surface area contributed by atoms with Crippen molar-refractivity contribution in [3.8, 4) is 0 Å². The summed E-state index contributed by atoms with van der Waals surface area (Å²) in [6, 6.07) is 0. The molecule has 1 N–H and O–H groups in total. The lowest BCUT2D eigenvalue weighted by Crippen LogP contribution is -2.38. The molecule has 0 bridgehead atoms. The number of rotatable bonds is 1. The van der Waals surface area contributed by atoms with Crippen LogP contribution in [0.5, 0.6) is 0 Å². The maximum Gasteiger partial charge on any atom is 0.394 e. The minimum Gasteiger partial charge on any atom is -0.367 e. The lowest BCUT2D eigenvalue weighted by molar-refractivity contribution is -0.169. The van der Waals surface area contributed by atoms with Crippen LogP contribution in [0.1, 0.15) is 0 Å². The summed E-state index contributed by atoms with van der Waals surface area (Å²) in [5, 5.41) is 6.80. The Balaban J connectivity index is 2.12. The van der Waals surface area contributed by atoms with Crippen molar-refractivity contribution in [2.75, 3.05) is 31.1 Å². The van der Waals surface area contributed by atoms with E-state index in [2.05, 4.69) is 10.4 Å². The molecular formula is C10H15F3N4. The van der Waals surface area contributed by atoms with Gasteiger partial charge in [-0.05, 0) is 0 Å². The van der Waals surface area contributed by atoms with Crippen LogP contribution in [0.2, 0.25) is 0 Å². The van der Waals surface area contributed by atoms with E-state index in [1.807, 2.05) is 0 Å². The van der Waals surface area contributed by atoms with Crippen LogP contribution in [0, 0.1) is 5.92 Å². The summed E-state index contributed by atoms with van der Waals surface area (Å²) < 4.78 is 39.8. The highest BCUT2D eigenvalue weighted by atomic mass is 19.4. The molecule has 1 aliphatic rings. The smallest absolute Gasteiger partial charge is 0.367 e. The van der Waals surface area contributed by atoms with E-state index < -0.39 is 12.1 Å². The Morgan fingerprint density at radius 2 is 2.24 bits per heavy atom. The van der Waals surface area contributed by atoms with Crippen LogP contribution in [-0.2, 0) is 7.05 Å². The van der Waals surface area contributed by atoms with Crippen molar-refractivity contribution in [3.05, 3.63) is 12.4 Å². The monoisotopic (exact) mass is 248 g/mol. The lowest BCUT2D eigenvalue weighted by Gasteiger charge is -2.25. The molecule has 96 valence electrons. The molecule has 1 saturated heterocycles. The van der Waals surface area contributed by atoms with Crippen LogP contribution < -0.4 is 10.2 Å². The van der Waals surface area contributed by atoms with Crippen LogP contribution in [0.15, 0.2) is 12.4 Å². The van der Waals surface area contributed by atoms with Crippen LogP contribution >= 0.6 is 0 Å². The number of nitrogens with one attached hydrogen (secondary N) is 1. The summed E-state index contributed by atoms with van der Waals surface area (Å²) in [5.41, 5.74) is 0.741. The van der Waals surface area contributed by atoms with Crippen LogP contribution in [0.4, 0.5) is 18.9 Å². The first-order valence-electron chi connectivity index (χ1n) is 5.48. The average Bonchev–Trinajstić information content (AvgIpc) is 2.53. The highest BCUT2D eigenvalue weighted by Crippen LogP contribution is 2.28. The third-order valence-corrected chi connectivity index (χ3v) is 2.91. The van der Waals surface area contributed by atoms with Gasteiger partial charge < -0.3 is 10.2 Å².